The number of rotatable bonds is 7. The Hall–Kier alpha value is -2.71. The maximum Gasteiger partial charge on any atom is 0.255 e. The molecule has 0 atom stereocenters. The number of amides is 2. The lowest BCUT2D eigenvalue weighted by atomic mass is 9.96. The van der Waals surface area contributed by atoms with E-state index >= 15 is 0 Å². The smallest absolute Gasteiger partial charge is 0.255 e. The van der Waals surface area contributed by atoms with Gasteiger partial charge >= 0.3 is 0 Å². The molecule has 7 nitrogen and oxygen atoms in total. The van der Waals surface area contributed by atoms with Crippen molar-refractivity contribution in [3.05, 3.63) is 59.7 Å². The van der Waals surface area contributed by atoms with Crippen molar-refractivity contribution in [1.82, 2.24) is 9.21 Å². The second kappa shape index (κ2) is 10.1. The minimum atomic E-state index is -3.59. The highest BCUT2D eigenvalue weighted by molar-refractivity contribution is 7.89. The molecule has 2 amide bonds. The van der Waals surface area contributed by atoms with Gasteiger partial charge in [0.1, 0.15) is 0 Å². The molecule has 0 radical (unpaired) electrons. The predicted octanol–water partition coefficient (Wildman–Crippen LogP) is 4.01. The molecule has 1 saturated heterocycles. The monoisotopic (exact) mass is 469 g/mol. The first-order valence-corrected chi connectivity index (χ1v) is 13.0. The van der Waals surface area contributed by atoms with Crippen LogP contribution >= 0.6 is 0 Å². The molecule has 0 bridgehead atoms. The third-order valence-corrected chi connectivity index (χ3v) is 8.54. The lowest BCUT2D eigenvalue weighted by Gasteiger charge is -2.30. The van der Waals surface area contributed by atoms with Gasteiger partial charge in [-0.3, -0.25) is 9.59 Å². The van der Waals surface area contributed by atoms with Gasteiger partial charge in [-0.2, -0.15) is 4.31 Å². The maximum atomic E-state index is 13.0. The summed E-state index contributed by atoms with van der Waals surface area (Å²) in [5.74, 6) is -0.150. The van der Waals surface area contributed by atoms with E-state index in [1.807, 2.05) is 23.1 Å². The van der Waals surface area contributed by atoms with Gasteiger partial charge in [-0.1, -0.05) is 31.4 Å². The summed E-state index contributed by atoms with van der Waals surface area (Å²) in [6, 6.07) is 13.6. The molecule has 4 rings (SSSR count). The molecule has 2 aromatic rings. The highest BCUT2D eigenvalue weighted by Gasteiger charge is 2.29. The fraction of sp³-hybridized carbons (Fsp3) is 0.440. The number of nitrogens with one attached hydrogen (secondary N) is 1. The molecule has 1 saturated carbocycles. The van der Waals surface area contributed by atoms with Crippen LogP contribution in [-0.4, -0.2) is 49.1 Å². The summed E-state index contributed by atoms with van der Waals surface area (Å²) in [4.78, 5) is 26.6. The van der Waals surface area contributed by atoms with Crippen LogP contribution in [0.3, 0.4) is 0 Å². The minimum absolute atomic E-state index is 0.0369. The number of carbonyl (C=O) groups is 2. The van der Waals surface area contributed by atoms with E-state index in [1.165, 1.54) is 16.4 Å². The number of benzene rings is 2. The van der Waals surface area contributed by atoms with Gasteiger partial charge in [-0.15, -0.1) is 0 Å². The van der Waals surface area contributed by atoms with Gasteiger partial charge < -0.3 is 10.2 Å². The van der Waals surface area contributed by atoms with Crippen molar-refractivity contribution >= 4 is 27.5 Å². The van der Waals surface area contributed by atoms with Crippen LogP contribution in [0.5, 0.6) is 0 Å². The Morgan fingerprint density at radius 3 is 2.45 bits per heavy atom. The average Bonchev–Trinajstić information content (AvgIpc) is 3.23. The molecule has 33 heavy (non-hydrogen) atoms. The van der Waals surface area contributed by atoms with Crippen LogP contribution < -0.4 is 5.32 Å². The molecular weight excluding hydrogens is 438 g/mol. The second-order valence-electron chi connectivity index (χ2n) is 8.91. The second-order valence-corrected chi connectivity index (χ2v) is 10.9. The summed E-state index contributed by atoms with van der Waals surface area (Å²) in [5.41, 5.74) is 1.97. The highest BCUT2D eigenvalue weighted by atomic mass is 32.2. The van der Waals surface area contributed by atoms with E-state index < -0.39 is 10.0 Å². The van der Waals surface area contributed by atoms with Gasteiger partial charge in [0.25, 0.3) is 5.91 Å². The van der Waals surface area contributed by atoms with Gasteiger partial charge in [-0.25, -0.2) is 8.42 Å². The Morgan fingerprint density at radius 2 is 1.79 bits per heavy atom. The number of hydrogen-bond donors (Lipinski definition) is 1. The molecule has 1 heterocycles. The molecule has 2 aromatic carbocycles. The zero-order valence-corrected chi connectivity index (χ0v) is 19.8. The van der Waals surface area contributed by atoms with Crippen molar-refractivity contribution in [2.24, 2.45) is 0 Å². The largest absolute Gasteiger partial charge is 0.338 e. The number of likely N-dealkylation sites (tertiary alicyclic amines) is 1. The topological polar surface area (TPSA) is 86.8 Å². The van der Waals surface area contributed by atoms with E-state index in [0.717, 1.165) is 50.6 Å². The Morgan fingerprint density at radius 1 is 1.06 bits per heavy atom. The van der Waals surface area contributed by atoms with Crippen molar-refractivity contribution in [2.45, 2.75) is 62.4 Å². The summed E-state index contributed by atoms with van der Waals surface area (Å²) >= 11 is 0. The van der Waals surface area contributed by atoms with Crippen LogP contribution in [0.15, 0.2) is 53.4 Å². The van der Waals surface area contributed by atoms with Crippen molar-refractivity contribution in [2.75, 3.05) is 18.9 Å². The summed E-state index contributed by atoms with van der Waals surface area (Å²) in [7, 11) is -1.94. The predicted molar refractivity (Wildman–Crippen MR) is 127 cm³/mol. The van der Waals surface area contributed by atoms with E-state index in [0.29, 0.717) is 24.2 Å². The molecule has 8 heteroatoms. The summed E-state index contributed by atoms with van der Waals surface area (Å²) < 4.78 is 27.5. The first-order chi connectivity index (χ1) is 15.8. The number of anilines is 1. The molecule has 176 valence electrons. The fourth-order valence-corrected chi connectivity index (χ4v) is 6.04. The molecule has 1 aliphatic heterocycles. The molecule has 1 N–H and O–H groups in total. The molecule has 0 unspecified atom stereocenters. The van der Waals surface area contributed by atoms with Crippen molar-refractivity contribution in [1.29, 1.82) is 0 Å². The Bertz CT molecular complexity index is 1110. The average molecular weight is 470 g/mol. The standard InChI is InChI=1S/C25H31N3O4S/c1-27(22-9-3-2-4-10-22)33(31,32)23-14-12-20(13-15-23)25(30)26-21-8-5-7-19(17-21)18-28-16-6-11-24(28)29/h5,7-8,12-15,17,22H,2-4,6,9-11,16,18H2,1H3,(H,26,30). The number of hydrogen-bond acceptors (Lipinski definition) is 4. The van der Waals surface area contributed by atoms with Crippen LogP contribution in [0.2, 0.25) is 0 Å². The first kappa shape index (κ1) is 23.4. The third-order valence-electron chi connectivity index (χ3n) is 6.61. The highest BCUT2D eigenvalue weighted by Crippen LogP contribution is 2.26. The van der Waals surface area contributed by atoms with Gasteiger partial charge in [0.05, 0.1) is 4.90 Å². The molecule has 0 aromatic heterocycles. The Labute approximate surface area is 195 Å². The maximum absolute atomic E-state index is 13.0. The molecule has 1 aliphatic carbocycles. The van der Waals surface area contributed by atoms with Crippen LogP contribution in [0.25, 0.3) is 0 Å². The zero-order chi connectivity index (χ0) is 23.4. The van der Waals surface area contributed by atoms with Gasteiger partial charge in [0.2, 0.25) is 15.9 Å². The lowest BCUT2D eigenvalue weighted by Crippen LogP contribution is -2.38. The van der Waals surface area contributed by atoms with Gasteiger partial charge in [0.15, 0.2) is 0 Å². The molecule has 2 aliphatic rings. The number of carbonyl (C=O) groups excluding carboxylic acids is 2. The first-order valence-electron chi connectivity index (χ1n) is 11.6. The minimum Gasteiger partial charge on any atom is -0.338 e. The molecular formula is C25H31N3O4S. The summed E-state index contributed by atoms with van der Waals surface area (Å²) in [6.45, 7) is 1.30. The van der Waals surface area contributed by atoms with Gasteiger partial charge in [0, 0.05) is 43.9 Å². The van der Waals surface area contributed by atoms with Crippen molar-refractivity contribution < 1.29 is 18.0 Å². The lowest BCUT2D eigenvalue weighted by molar-refractivity contribution is -0.128. The van der Waals surface area contributed by atoms with Crippen molar-refractivity contribution in [3.8, 4) is 0 Å². The summed E-state index contributed by atoms with van der Waals surface area (Å²) in [5, 5.41) is 2.87. The Kier molecular flexibility index (Phi) is 7.14. The van der Waals surface area contributed by atoms with E-state index in [9.17, 15) is 18.0 Å². The van der Waals surface area contributed by atoms with E-state index in [-0.39, 0.29) is 22.8 Å². The quantitative estimate of drug-likeness (QED) is 0.664. The van der Waals surface area contributed by atoms with E-state index in [1.54, 1.807) is 25.2 Å². The van der Waals surface area contributed by atoms with Crippen LogP contribution in [-0.2, 0) is 21.4 Å². The zero-order valence-electron chi connectivity index (χ0n) is 19.0. The van der Waals surface area contributed by atoms with E-state index in [2.05, 4.69) is 5.32 Å². The number of nitrogens with zero attached hydrogens (tertiary/aromatic N) is 2. The van der Waals surface area contributed by atoms with Crippen molar-refractivity contribution in [3.63, 3.8) is 0 Å². The third kappa shape index (κ3) is 5.45. The fourth-order valence-electron chi connectivity index (χ4n) is 4.63. The SMILES string of the molecule is CN(C1CCCCC1)S(=O)(=O)c1ccc(C(=O)Nc2cccc(CN3CCCC3=O)c2)cc1. The Balaban J connectivity index is 1.41. The van der Waals surface area contributed by atoms with E-state index in [4.69, 9.17) is 0 Å². The number of sulfonamides is 1. The molecule has 2 fully saturated rings. The summed E-state index contributed by atoms with van der Waals surface area (Å²) in [6.07, 6.45) is 6.53. The van der Waals surface area contributed by atoms with Crippen LogP contribution in [0.4, 0.5) is 5.69 Å². The normalized spacial score (nSPS) is 17.5. The van der Waals surface area contributed by atoms with Gasteiger partial charge in [-0.05, 0) is 61.2 Å². The molecule has 0 spiro atoms. The van der Waals surface area contributed by atoms with Crippen LogP contribution in [0, 0.1) is 0 Å². The van der Waals surface area contributed by atoms with Crippen LogP contribution in [0.1, 0.15) is 60.9 Å².